The molecule has 9 heteroatoms. The number of hydrogen-bond acceptors (Lipinski definition) is 3. The number of H-pyrrole nitrogens is 1. The quantitative estimate of drug-likeness (QED) is 0.530. The smallest absolute Gasteiger partial charge is 0.338 e. The zero-order valence-corrected chi connectivity index (χ0v) is 18.8. The molecule has 174 valence electrons. The molecule has 2 aromatic carbocycles. The third-order valence-electron chi connectivity index (χ3n) is 6.07. The van der Waals surface area contributed by atoms with E-state index in [9.17, 15) is 18.0 Å². The van der Waals surface area contributed by atoms with Crippen molar-refractivity contribution in [3.05, 3.63) is 76.4 Å². The first kappa shape index (κ1) is 23.3. The van der Waals surface area contributed by atoms with Crippen LogP contribution < -0.4 is 0 Å². The topological polar surface area (TPSA) is 52.2 Å². The second-order valence-electron chi connectivity index (χ2n) is 8.28. The SMILES string of the molecule is CN(Cc1cccc(C(F)(F)F)c1)C1CCN(C(=O)c2cn[nH]c2-c2ccccc2Cl)CC1. The summed E-state index contributed by atoms with van der Waals surface area (Å²) >= 11 is 6.29. The van der Waals surface area contributed by atoms with Crippen LogP contribution in [-0.4, -0.2) is 52.1 Å². The maximum Gasteiger partial charge on any atom is 0.416 e. The van der Waals surface area contributed by atoms with Gasteiger partial charge in [0.2, 0.25) is 0 Å². The zero-order chi connectivity index (χ0) is 23.6. The number of benzene rings is 2. The summed E-state index contributed by atoms with van der Waals surface area (Å²) in [5.74, 6) is -0.113. The van der Waals surface area contributed by atoms with Gasteiger partial charge in [0, 0.05) is 36.3 Å². The first-order valence-electron chi connectivity index (χ1n) is 10.7. The molecule has 0 aliphatic carbocycles. The van der Waals surface area contributed by atoms with E-state index in [1.807, 2.05) is 25.2 Å². The van der Waals surface area contributed by atoms with E-state index in [1.165, 1.54) is 18.3 Å². The van der Waals surface area contributed by atoms with Crippen LogP contribution in [-0.2, 0) is 12.7 Å². The fourth-order valence-electron chi connectivity index (χ4n) is 4.26. The van der Waals surface area contributed by atoms with Crippen LogP contribution in [0.1, 0.15) is 34.3 Å². The van der Waals surface area contributed by atoms with Crippen molar-refractivity contribution in [2.24, 2.45) is 0 Å². The predicted molar refractivity (Wildman–Crippen MR) is 121 cm³/mol. The van der Waals surface area contributed by atoms with Gasteiger partial charge in [0.1, 0.15) is 0 Å². The van der Waals surface area contributed by atoms with Gasteiger partial charge in [-0.05, 0) is 37.6 Å². The van der Waals surface area contributed by atoms with Crippen molar-refractivity contribution in [2.75, 3.05) is 20.1 Å². The highest BCUT2D eigenvalue weighted by molar-refractivity contribution is 6.33. The Bertz CT molecular complexity index is 1120. The highest BCUT2D eigenvalue weighted by Crippen LogP contribution is 2.31. The number of carbonyl (C=O) groups is 1. The van der Waals surface area contributed by atoms with Crippen LogP contribution in [0.3, 0.4) is 0 Å². The van der Waals surface area contributed by atoms with Gasteiger partial charge in [-0.2, -0.15) is 18.3 Å². The summed E-state index contributed by atoms with van der Waals surface area (Å²) in [5.41, 5.74) is 1.76. The molecule has 3 aromatic rings. The molecule has 1 aliphatic heterocycles. The Labute approximate surface area is 195 Å². The molecular weight excluding hydrogens is 453 g/mol. The van der Waals surface area contributed by atoms with E-state index in [0.717, 1.165) is 24.5 Å². The van der Waals surface area contributed by atoms with Crippen LogP contribution in [0.15, 0.2) is 54.7 Å². The van der Waals surface area contributed by atoms with E-state index < -0.39 is 11.7 Å². The minimum atomic E-state index is -4.35. The number of alkyl halides is 3. The van der Waals surface area contributed by atoms with Crippen LogP contribution in [0, 0.1) is 0 Å². The highest BCUT2D eigenvalue weighted by Gasteiger charge is 2.31. The minimum absolute atomic E-state index is 0.113. The largest absolute Gasteiger partial charge is 0.416 e. The van der Waals surface area contributed by atoms with Crippen molar-refractivity contribution in [1.29, 1.82) is 0 Å². The number of aromatic amines is 1. The Kier molecular flexibility index (Phi) is 6.76. The molecule has 0 unspecified atom stereocenters. The number of likely N-dealkylation sites (tertiary alicyclic amines) is 1. The molecule has 1 saturated heterocycles. The summed E-state index contributed by atoms with van der Waals surface area (Å²) in [5, 5.41) is 7.47. The van der Waals surface area contributed by atoms with Gasteiger partial charge in [0.15, 0.2) is 0 Å². The van der Waals surface area contributed by atoms with Gasteiger partial charge in [-0.3, -0.25) is 14.8 Å². The van der Waals surface area contributed by atoms with Crippen molar-refractivity contribution < 1.29 is 18.0 Å². The molecular formula is C24H24ClF3N4O. The molecule has 1 aliphatic rings. The van der Waals surface area contributed by atoms with Crippen LogP contribution in [0.2, 0.25) is 5.02 Å². The summed E-state index contributed by atoms with van der Waals surface area (Å²) in [6, 6.07) is 12.9. The third kappa shape index (κ3) is 5.23. The van der Waals surface area contributed by atoms with Crippen LogP contribution in [0.5, 0.6) is 0 Å². The molecule has 0 radical (unpaired) electrons. The van der Waals surface area contributed by atoms with Crippen molar-refractivity contribution in [3.8, 4) is 11.3 Å². The number of aromatic nitrogens is 2. The lowest BCUT2D eigenvalue weighted by Gasteiger charge is -2.37. The summed E-state index contributed by atoms with van der Waals surface area (Å²) in [4.78, 5) is 17.0. The van der Waals surface area contributed by atoms with E-state index >= 15 is 0 Å². The van der Waals surface area contributed by atoms with Crippen molar-refractivity contribution >= 4 is 17.5 Å². The molecule has 0 spiro atoms. The lowest BCUT2D eigenvalue weighted by atomic mass is 10.0. The van der Waals surface area contributed by atoms with Gasteiger partial charge < -0.3 is 4.90 Å². The maximum absolute atomic E-state index is 13.2. The zero-order valence-electron chi connectivity index (χ0n) is 18.1. The molecule has 0 saturated carbocycles. The number of piperidine rings is 1. The average molecular weight is 477 g/mol. The van der Waals surface area contributed by atoms with Gasteiger partial charge >= 0.3 is 6.18 Å². The van der Waals surface area contributed by atoms with Crippen molar-refractivity contribution in [2.45, 2.75) is 31.6 Å². The Morgan fingerprint density at radius 2 is 1.91 bits per heavy atom. The number of nitrogens with one attached hydrogen (secondary N) is 1. The summed E-state index contributed by atoms with van der Waals surface area (Å²) in [6.07, 6.45) is -1.36. The fourth-order valence-corrected chi connectivity index (χ4v) is 4.49. The van der Waals surface area contributed by atoms with Crippen LogP contribution in [0.25, 0.3) is 11.3 Å². The molecule has 1 aromatic heterocycles. The second-order valence-corrected chi connectivity index (χ2v) is 8.68. The monoisotopic (exact) mass is 476 g/mol. The number of carbonyl (C=O) groups excluding carboxylic acids is 1. The number of rotatable bonds is 5. The molecule has 2 heterocycles. The Morgan fingerprint density at radius 1 is 1.18 bits per heavy atom. The minimum Gasteiger partial charge on any atom is -0.338 e. The molecule has 0 bridgehead atoms. The van der Waals surface area contributed by atoms with Crippen molar-refractivity contribution in [3.63, 3.8) is 0 Å². The van der Waals surface area contributed by atoms with E-state index in [-0.39, 0.29) is 11.9 Å². The first-order valence-corrected chi connectivity index (χ1v) is 11.1. The Balaban J connectivity index is 1.38. The number of amides is 1. The Morgan fingerprint density at radius 3 is 2.61 bits per heavy atom. The predicted octanol–water partition coefficient (Wildman–Crippen LogP) is 5.49. The maximum atomic E-state index is 13.2. The fraction of sp³-hybridized carbons (Fsp3) is 0.333. The van der Waals surface area contributed by atoms with E-state index in [4.69, 9.17) is 11.6 Å². The van der Waals surface area contributed by atoms with Gasteiger partial charge in [-0.25, -0.2) is 0 Å². The Hall–Kier alpha value is -2.84. The van der Waals surface area contributed by atoms with E-state index in [2.05, 4.69) is 15.1 Å². The molecule has 1 fully saturated rings. The van der Waals surface area contributed by atoms with Gasteiger partial charge in [-0.1, -0.05) is 48.0 Å². The molecule has 5 nitrogen and oxygen atoms in total. The normalized spacial score (nSPS) is 15.3. The lowest BCUT2D eigenvalue weighted by molar-refractivity contribution is -0.137. The summed E-state index contributed by atoms with van der Waals surface area (Å²) in [7, 11) is 1.91. The number of nitrogens with zero attached hydrogens (tertiary/aromatic N) is 3. The molecule has 4 rings (SSSR count). The molecule has 33 heavy (non-hydrogen) atoms. The van der Waals surface area contributed by atoms with E-state index in [1.54, 1.807) is 17.0 Å². The number of halogens is 4. The average Bonchev–Trinajstić information content (AvgIpc) is 3.28. The van der Waals surface area contributed by atoms with Gasteiger partial charge in [0.25, 0.3) is 5.91 Å². The standard InChI is InChI=1S/C24H24ClF3N4O/c1-31(15-16-5-4-6-17(13-16)24(26,27)28)18-9-11-32(12-10-18)23(33)20-14-29-30-22(20)19-7-2-3-8-21(19)25/h2-8,13-14,18H,9-12,15H2,1H3,(H,29,30). The van der Waals surface area contributed by atoms with E-state index in [0.29, 0.717) is 41.5 Å². The van der Waals surface area contributed by atoms with Crippen LogP contribution >= 0.6 is 11.6 Å². The summed E-state index contributed by atoms with van der Waals surface area (Å²) in [6.45, 7) is 1.54. The molecule has 0 atom stereocenters. The summed E-state index contributed by atoms with van der Waals surface area (Å²) < 4.78 is 39.0. The van der Waals surface area contributed by atoms with Gasteiger partial charge in [-0.15, -0.1) is 0 Å². The highest BCUT2D eigenvalue weighted by atomic mass is 35.5. The van der Waals surface area contributed by atoms with Crippen molar-refractivity contribution in [1.82, 2.24) is 20.0 Å². The molecule has 1 N–H and O–H groups in total. The number of hydrogen-bond donors (Lipinski definition) is 1. The lowest BCUT2D eigenvalue weighted by Crippen LogP contribution is -2.45. The first-order chi connectivity index (χ1) is 15.7. The molecule has 1 amide bonds. The van der Waals surface area contributed by atoms with Crippen LogP contribution in [0.4, 0.5) is 13.2 Å². The van der Waals surface area contributed by atoms with Gasteiger partial charge in [0.05, 0.1) is 23.0 Å². The third-order valence-corrected chi connectivity index (χ3v) is 6.40. The second kappa shape index (κ2) is 9.57.